The third kappa shape index (κ3) is 4.64. The molecule has 0 radical (unpaired) electrons. The summed E-state index contributed by atoms with van der Waals surface area (Å²) >= 11 is 0. The maximum Gasteiger partial charge on any atom is 0.336 e. The van der Waals surface area contributed by atoms with Gasteiger partial charge in [0.25, 0.3) is 0 Å². The van der Waals surface area contributed by atoms with Gasteiger partial charge in [-0.3, -0.25) is 4.79 Å². The average Bonchev–Trinajstić information content (AvgIpc) is 2.00. The third-order valence-electron chi connectivity index (χ3n) is 1.60. The van der Waals surface area contributed by atoms with Crippen molar-refractivity contribution < 1.29 is 19.1 Å². The lowest BCUT2D eigenvalue weighted by molar-refractivity contribution is -0.163. The molecule has 0 aromatic carbocycles. The SMILES string of the molecule is C=C(C(=O)OCOC(C)=O)C(C)(C)C. The fourth-order valence-electron chi connectivity index (χ4n) is 0.559. The Labute approximate surface area is 83.9 Å². The van der Waals surface area contributed by atoms with Gasteiger partial charge in [0.2, 0.25) is 6.79 Å². The highest BCUT2D eigenvalue weighted by Gasteiger charge is 2.22. The molecule has 80 valence electrons. The first-order chi connectivity index (χ1) is 6.25. The van der Waals surface area contributed by atoms with Crippen molar-refractivity contribution in [2.75, 3.05) is 6.79 Å². The van der Waals surface area contributed by atoms with Crippen LogP contribution in [0.3, 0.4) is 0 Å². The second-order valence-electron chi connectivity index (χ2n) is 3.91. The summed E-state index contributed by atoms with van der Waals surface area (Å²) in [4.78, 5) is 21.6. The molecule has 0 aliphatic heterocycles. The number of hydrogen-bond donors (Lipinski definition) is 0. The van der Waals surface area contributed by atoms with E-state index in [9.17, 15) is 9.59 Å². The van der Waals surface area contributed by atoms with E-state index in [1.165, 1.54) is 6.92 Å². The number of rotatable bonds is 3. The van der Waals surface area contributed by atoms with Crippen LogP contribution in [0.4, 0.5) is 0 Å². The molecule has 0 bridgehead atoms. The smallest absolute Gasteiger partial charge is 0.336 e. The van der Waals surface area contributed by atoms with Crippen LogP contribution in [0.15, 0.2) is 12.2 Å². The first kappa shape index (κ1) is 12.7. The fourth-order valence-corrected chi connectivity index (χ4v) is 0.559. The van der Waals surface area contributed by atoms with Crippen LogP contribution in [0.2, 0.25) is 0 Å². The highest BCUT2D eigenvalue weighted by atomic mass is 16.7. The van der Waals surface area contributed by atoms with Gasteiger partial charge in [-0.15, -0.1) is 0 Å². The average molecular weight is 200 g/mol. The highest BCUT2D eigenvalue weighted by Crippen LogP contribution is 2.24. The van der Waals surface area contributed by atoms with Gasteiger partial charge in [-0.25, -0.2) is 4.79 Å². The molecular weight excluding hydrogens is 184 g/mol. The second kappa shape index (κ2) is 4.79. The minimum absolute atomic E-state index is 0.340. The van der Waals surface area contributed by atoms with Gasteiger partial charge in [0.15, 0.2) is 0 Å². The van der Waals surface area contributed by atoms with Crippen molar-refractivity contribution in [3.8, 4) is 0 Å². The van der Waals surface area contributed by atoms with Gasteiger partial charge in [0.1, 0.15) is 0 Å². The van der Waals surface area contributed by atoms with E-state index in [1.807, 2.05) is 20.8 Å². The van der Waals surface area contributed by atoms with Crippen molar-refractivity contribution in [3.05, 3.63) is 12.2 Å². The van der Waals surface area contributed by atoms with Crippen LogP contribution in [0, 0.1) is 5.41 Å². The molecule has 0 fully saturated rings. The van der Waals surface area contributed by atoms with Crippen LogP contribution in [0.1, 0.15) is 27.7 Å². The molecular formula is C10H16O4. The number of esters is 2. The van der Waals surface area contributed by atoms with E-state index < -0.39 is 11.9 Å². The Kier molecular flexibility index (Phi) is 4.34. The van der Waals surface area contributed by atoms with E-state index in [1.54, 1.807) is 0 Å². The Bertz CT molecular complexity index is 247. The number of ether oxygens (including phenoxy) is 2. The predicted octanol–water partition coefficient (Wildman–Crippen LogP) is 1.65. The summed E-state index contributed by atoms with van der Waals surface area (Å²) in [6.07, 6.45) is 0. The molecule has 0 aromatic rings. The molecule has 4 heteroatoms. The summed E-state index contributed by atoms with van der Waals surface area (Å²) in [6, 6.07) is 0. The Morgan fingerprint density at radius 1 is 1.21 bits per heavy atom. The van der Waals surface area contributed by atoms with Crippen LogP contribution >= 0.6 is 0 Å². The lowest BCUT2D eigenvalue weighted by Crippen LogP contribution is -2.20. The van der Waals surface area contributed by atoms with Crippen LogP contribution in [0.25, 0.3) is 0 Å². The Balaban J connectivity index is 3.98. The van der Waals surface area contributed by atoms with Crippen LogP contribution in [0.5, 0.6) is 0 Å². The number of carbonyl (C=O) groups is 2. The van der Waals surface area contributed by atoms with E-state index in [2.05, 4.69) is 16.1 Å². The molecule has 0 aliphatic rings. The summed E-state index contributed by atoms with van der Waals surface area (Å²) in [5, 5.41) is 0. The van der Waals surface area contributed by atoms with Gasteiger partial charge >= 0.3 is 11.9 Å². The topological polar surface area (TPSA) is 52.6 Å². The van der Waals surface area contributed by atoms with Gasteiger partial charge in [0, 0.05) is 12.5 Å². The largest absolute Gasteiger partial charge is 0.428 e. The second-order valence-corrected chi connectivity index (χ2v) is 3.91. The molecule has 0 saturated heterocycles. The van der Waals surface area contributed by atoms with Gasteiger partial charge in [-0.1, -0.05) is 27.4 Å². The first-order valence-electron chi connectivity index (χ1n) is 4.25. The molecule has 0 spiro atoms. The van der Waals surface area contributed by atoms with E-state index >= 15 is 0 Å². The van der Waals surface area contributed by atoms with Crippen LogP contribution < -0.4 is 0 Å². The summed E-state index contributed by atoms with van der Waals surface area (Å²) in [6.45, 7) is 10.0. The zero-order chi connectivity index (χ0) is 11.4. The summed E-state index contributed by atoms with van der Waals surface area (Å²) in [7, 11) is 0. The zero-order valence-electron chi connectivity index (χ0n) is 9.05. The normalized spacial score (nSPS) is 10.6. The molecule has 14 heavy (non-hydrogen) atoms. The van der Waals surface area contributed by atoms with Gasteiger partial charge in [-0.05, 0) is 5.41 Å². The summed E-state index contributed by atoms with van der Waals surface area (Å²) in [5.74, 6) is -1.03. The molecule has 0 rings (SSSR count). The van der Waals surface area contributed by atoms with Gasteiger partial charge in [-0.2, -0.15) is 0 Å². The van der Waals surface area contributed by atoms with Crippen molar-refractivity contribution in [1.29, 1.82) is 0 Å². The maximum atomic E-state index is 11.3. The first-order valence-corrected chi connectivity index (χ1v) is 4.25. The van der Waals surface area contributed by atoms with Crippen molar-refractivity contribution in [1.82, 2.24) is 0 Å². The highest BCUT2D eigenvalue weighted by molar-refractivity contribution is 5.89. The van der Waals surface area contributed by atoms with E-state index in [-0.39, 0.29) is 12.2 Å². The van der Waals surface area contributed by atoms with Gasteiger partial charge < -0.3 is 9.47 Å². The fraction of sp³-hybridized carbons (Fsp3) is 0.600. The van der Waals surface area contributed by atoms with Crippen LogP contribution in [-0.2, 0) is 19.1 Å². The summed E-state index contributed by atoms with van der Waals surface area (Å²) < 4.78 is 9.11. The molecule has 0 atom stereocenters. The molecule has 0 heterocycles. The number of hydrogen-bond acceptors (Lipinski definition) is 4. The van der Waals surface area contributed by atoms with Crippen molar-refractivity contribution in [2.45, 2.75) is 27.7 Å². The van der Waals surface area contributed by atoms with Gasteiger partial charge in [0.05, 0.1) is 0 Å². The molecule has 0 aromatic heterocycles. The lowest BCUT2D eigenvalue weighted by Gasteiger charge is -2.19. The Morgan fingerprint density at radius 3 is 2.07 bits per heavy atom. The molecule has 0 aliphatic carbocycles. The van der Waals surface area contributed by atoms with E-state index in [0.29, 0.717) is 5.57 Å². The van der Waals surface area contributed by atoms with Crippen LogP contribution in [-0.4, -0.2) is 18.7 Å². The van der Waals surface area contributed by atoms with E-state index in [4.69, 9.17) is 0 Å². The maximum absolute atomic E-state index is 11.3. The monoisotopic (exact) mass is 200 g/mol. The number of carbonyl (C=O) groups excluding carboxylic acids is 2. The molecule has 0 N–H and O–H groups in total. The Hall–Kier alpha value is -1.32. The van der Waals surface area contributed by atoms with E-state index in [0.717, 1.165) is 0 Å². The molecule has 0 unspecified atom stereocenters. The molecule has 4 nitrogen and oxygen atoms in total. The minimum Gasteiger partial charge on any atom is -0.428 e. The lowest BCUT2D eigenvalue weighted by atomic mass is 9.88. The van der Waals surface area contributed by atoms with Crippen molar-refractivity contribution in [2.24, 2.45) is 5.41 Å². The molecule has 0 saturated carbocycles. The Morgan fingerprint density at radius 2 is 1.71 bits per heavy atom. The van der Waals surface area contributed by atoms with Crippen molar-refractivity contribution >= 4 is 11.9 Å². The quantitative estimate of drug-likeness (QED) is 0.395. The molecule has 0 amide bonds. The predicted molar refractivity (Wildman–Crippen MR) is 51.3 cm³/mol. The summed E-state index contributed by atoms with van der Waals surface area (Å²) in [5.41, 5.74) is 0.0116. The zero-order valence-corrected chi connectivity index (χ0v) is 9.05. The van der Waals surface area contributed by atoms with Crippen molar-refractivity contribution in [3.63, 3.8) is 0 Å². The third-order valence-corrected chi connectivity index (χ3v) is 1.60. The minimum atomic E-state index is -0.543. The standard InChI is InChI=1S/C10H16O4/c1-7(10(3,4)5)9(12)14-6-13-8(2)11/h1,6H2,2-5H3.